The molecule has 0 saturated carbocycles. The minimum absolute atomic E-state index is 0.0459. The van der Waals surface area contributed by atoms with Crippen molar-refractivity contribution in [3.63, 3.8) is 0 Å². The van der Waals surface area contributed by atoms with Crippen molar-refractivity contribution in [2.24, 2.45) is 5.73 Å². The summed E-state index contributed by atoms with van der Waals surface area (Å²) in [5, 5.41) is 0.0901. The van der Waals surface area contributed by atoms with Crippen molar-refractivity contribution < 1.29 is 13.2 Å². The number of hydrogen-bond donors (Lipinski definition) is 1. The second-order valence-electron chi connectivity index (χ2n) is 3.47. The first-order valence-corrected chi connectivity index (χ1v) is 7.63. The molecule has 0 aliphatic heterocycles. The maximum Gasteiger partial charge on any atom is 0.245 e. The molecular formula is C10H12BrClN2O3S. The second-order valence-corrected chi connectivity index (χ2v) is 6.70. The number of sulfonamides is 1. The number of nitrogens with zero attached hydrogens (tertiary/aromatic N) is 1. The van der Waals surface area contributed by atoms with E-state index < -0.39 is 15.9 Å². The standard InChI is InChI=1S/C10H12BrClN2O3S/c1-2-14(6-10(13)15)18(16,17)9-4-3-7(11)5-8(9)12/h3-5H,2,6H2,1H3,(H2,13,15). The molecule has 1 aromatic carbocycles. The van der Waals surface area contributed by atoms with Crippen molar-refractivity contribution in [1.29, 1.82) is 0 Å². The van der Waals surface area contributed by atoms with Gasteiger partial charge in [0.1, 0.15) is 4.90 Å². The predicted octanol–water partition coefficient (Wildman–Crippen LogP) is 1.60. The molecule has 0 saturated heterocycles. The van der Waals surface area contributed by atoms with E-state index in [2.05, 4.69) is 15.9 Å². The fraction of sp³-hybridized carbons (Fsp3) is 0.300. The fourth-order valence-electron chi connectivity index (χ4n) is 1.36. The summed E-state index contributed by atoms with van der Waals surface area (Å²) >= 11 is 9.09. The van der Waals surface area contributed by atoms with Gasteiger partial charge in [0.2, 0.25) is 15.9 Å². The highest BCUT2D eigenvalue weighted by Gasteiger charge is 2.26. The summed E-state index contributed by atoms with van der Waals surface area (Å²) in [6, 6.07) is 4.43. The molecule has 0 atom stereocenters. The highest BCUT2D eigenvalue weighted by molar-refractivity contribution is 9.10. The summed E-state index contributed by atoms with van der Waals surface area (Å²) < 4.78 is 26.1. The Labute approximate surface area is 119 Å². The van der Waals surface area contributed by atoms with E-state index in [1.807, 2.05) is 0 Å². The minimum atomic E-state index is -3.81. The Morgan fingerprint density at radius 2 is 2.11 bits per heavy atom. The number of likely N-dealkylation sites (N-methyl/N-ethyl adjacent to an activating group) is 1. The molecule has 8 heteroatoms. The van der Waals surface area contributed by atoms with Gasteiger partial charge in [-0.2, -0.15) is 4.31 Å². The lowest BCUT2D eigenvalue weighted by Crippen LogP contribution is -2.38. The summed E-state index contributed by atoms with van der Waals surface area (Å²) in [6.07, 6.45) is 0. The van der Waals surface area contributed by atoms with Gasteiger partial charge in [-0.1, -0.05) is 34.5 Å². The van der Waals surface area contributed by atoms with E-state index in [1.165, 1.54) is 12.1 Å². The normalized spacial score (nSPS) is 11.8. The molecule has 0 spiro atoms. The molecule has 5 nitrogen and oxygen atoms in total. The summed E-state index contributed by atoms with van der Waals surface area (Å²) in [6.45, 7) is 1.39. The number of carbonyl (C=O) groups excluding carboxylic acids is 1. The van der Waals surface area contributed by atoms with Gasteiger partial charge in [0.15, 0.2) is 0 Å². The Bertz CT molecular complexity index is 562. The van der Waals surface area contributed by atoms with E-state index in [0.717, 1.165) is 4.31 Å². The topological polar surface area (TPSA) is 80.5 Å². The molecule has 0 fully saturated rings. The van der Waals surface area contributed by atoms with Crippen LogP contribution in [0.4, 0.5) is 0 Å². The number of primary amides is 1. The number of nitrogens with two attached hydrogens (primary N) is 1. The summed E-state index contributed by atoms with van der Waals surface area (Å²) in [4.78, 5) is 10.8. The van der Waals surface area contributed by atoms with Crippen molar-refractivity contribution in [1.82, 2.24) is 4.31 Å². The third-order valence-electron chi connectivity index (χ3n) is 2.20. The molecule has 2 N–H and O–H groups in total. The first-order valence-electron chi connectivity index (χ1n) is 5.02. The fourth-order valence-corrected chi connectivity index (χ4v) is 3.79. The Hall–Kier alpha value is -0.630. The Balaban J connectivity index is 3.23. The monoisotopic (exact) mass is 354 g/mol. The number of carbonyl (C=O) groups is 1. The molecule has 0 aliphatic carbocycles. The number of rotatable bonds is 5. The van der Waals surface area contributed by atoms with Crippen LogP contribution in [0, 0.1) is 0 Å². The first kappa shape index (κ1) is 15.4. The van der Waals surface area contributed by atoms with E-state index >= 15 is 0 Å². The predicted molar refractivity (Wildman–Crippen MR) is 72.8 cm³/mol. The largest absolute Gasteiger partial charge is 0.369 e. The molecule has 18 heavy (non-hydrogen) atoms. The lowest BCUT2D eigenvalue weighted by atomic mass is 10.4. The van der Waals surface area contributed by atoms with E-state index in [0.29, 0.717) is 4.47 Å². The van der Waals surface area contributed by atoms with Crippen LogP contribution in [0.3, 0.4) is 0 Å². The van der Waals surface area contributed by atoms with Crippen LogP contribution in [0.5, 0.6) is 0 Å². The summed E-state index contributed by atoms with van der Waals surface area (Å²) in [7, 11) is -3.81. The van der Waals surface area contributed by atoms with Gasteiger partial charge in [-0.05, 0) is 18.2 Å². The molecule has 0 radical (unpaired) electrons. The molecule has 1 amide bonds. The average Bonchev–Trinajstić information content (AvgIpc) is 2.24. The van der Waals surface area contributed by atoms with E-state index in [1.54, 1.807) is 13.0 Å². The third kappa shape index (κ3) is 3.44. The zero-order valence-electron chi connectivity index (χ0n) is 9.56. The van der Waals surface area contributed by atoms with Crippen molar-refractivity contribution in [3.05, 3.63) is 27.7 Å². The SMILES string of the molecule is CCN(CC(N)=O)S(=O)(=O)c1ccc(Br)cc1Cl. The maximum atomic E-state index is 12.2. The lowest BCUT2D eigenvalue weighted by molar-refractivity contribution is -0.118. The van der Waals surface area contributed by atoms with Gasteiger partial charge in [0.25, 0.3) is 0 Å². The first-order chi connectivity index (χ1) is 8.28. The summed E-state index contributed by atoms with van der Waals surface area (Å²) in [5.74, 6) is -0.714. The smallest absolute Gasteiger partial charge is 0.245 e. The van der Waals surface area contributed by atoms with Crippen LogP contribution in [0.1, 0.15) is 6.92 Å². The maximum absolute atomic E-state index is 12.2. The molecule has 0 unspecified atom stereocenters. The molecular weight excluding hydrogens is 344 g/mol. The molecule has 0 aliphatic rings. The Kier molecular flexibility index (Phi) is 5.15. The van der Waals surface area contributed by atoms with Crippen LogP contribution in [0.2, 0.25) is 5.02 Å². The highest BCUT2D eigenvalue weighted by atomic mass is 79.9. The number of amides is 1. The average molecular weight is 356 g/mol. The summed E-state index contributed by atoms with van der Waals surface area (Å²) in [5.41, 5.74) is 5.02. The van der Waals surface area contributed by atoms with Gasteiger partial charge in [-0.25, -0.2) is 8.42 Å². The van der Waals surface area contributed by atoms with Gasteiger partial charge < -0.3 is 5.73 Å². The molecule has 0 aromatic heterocycles. The lowest BCUT2D eigenvalue weighted by Gasteiger charge is -2.19. The van der Waals surface area contributed by atoms with E-state index in [-0.39, 0.29) is 23.0 Å². The van der Waals surface area contributed by atoms with Crippen LogP contribution < -0.4 is 5.73 Å². The van der Waals surface area contributed by atoms with Crippen LogP contribution >= 0.6 is 27.5 Å². The van der Waals surface area contributed by atoms with Gasteiger partial charge in [0, 0.05) is 11.0 Å². The quantitative estimate of drug-likeness (QED) is 0.871. The van der Waals surface area contributed by atoms with Crippen molar-refractivity contribution in [2.75, 3.05) is 13.1 Å². The van der Waals surface area contributed by atoms with Crippen molar-refractivity contribution >= 4 is 43.5 Å². The third-order valence-corrected chi connectivity index (χ3v) is 5.09. The van der Waals surface area contributed by atoms with E-state index in [9.17, 15) is 13.2 Å². The minimum Gasteiger partial charge on any atom is -0.369 e. The van der Waals surface area contributed by atoms with Gasteiger partial charge in [-0.3, -0.25) is 4.79 Å². The van der Waals surface area contributed by atoms with Crippen LogP contribution in [0.25, 0.3) is 0 Å². The Morgan fingerprint density at radius 1 is 1.50 bits per heavy atom. The van der Waals surface area contributed by atoms with Gasteiger partial charge >= 0.3 is 0 Å². The van der Waals surface area contributed by atoms with Gasteiger partial charge in [-0.15, -0.1) is 0 Å². The van der Waals surface area contributed by atoms with E-state index in [4.69, 9.17) is 17.3 Å². The van der Waals surface area contributed by atoms with Crippen LogP contribution in [-0.2, 0) is 14.8 Å². The highest BCUT2D eigenvalue weighted by Crippen LogP contribution is 2.27. The molecule has 1 rings (SSSR count). The number of benzene rings is 1. The number of hydrogen-bond acceptors (Lipinski definition) is 3. The second kappa shape index (κ2) is 6.01. The molecule has 0 bridgehead atoms. The zero-order chi connectivity index (χ0) is 13.9. The van der Waals surface area contributed by atoms with Gasteiger partial charge in [0.05, 0.1) is 11.6 Å². The molecule has 100 valence electrons. The van der Waals surface area contributed by atoms with Crippen molar-refractivity contribution in [2.45, 2.75) is 11.8 Å². The molecule has 1 aromatic rings. The Morgan fingerprint density at radius 3 is 2.56 bits per heavy atom. The number of halogens is 2. The zero-order valence-corrected chi connectivity index (χ0v) is 12.7. The molecule has 0 heterocycles. The van der Waals surface area contributed by atoms with Crippen LogP contribution in [-0.4, -0.2) is 31.7 Å². The van der Waals surface area contributed by atoms with Crippen molar-refractivity contribution in [3.8, 4) is 0 Å². The van der Waals surface area contributed by atoms with Crippen LogP contribution in [0.15, 0.2) is 27.6 Å².